The highest BCUT2D eigenvalue weighted by molar-refractivity contribution is 5.86. The van der Waals surface area contributed by atoms with Crippen LogP contribution in [0.4, 0.5) is 0 Å². The number of aliphatic hydroxyl groups is 1. The van der Waals surface area contributed by atoms with E-state index in [-0.39, 0.29) is 23.7 Å². The van der Waals surface area contributed by atoms with E-state index in [4.69, 9.17) is 4.84 Å². The number of hydrogen-bond donors (Lipinski definition) is 1. The highest BCUT2D eigenvalue weighted by Crippen LogP contribution is 2.18. The first-order valence-corrected chi connectivity index (χ1v) is 7.44. The summed E-state index contributed by atoms with van der Waals surface area (Å²) < 4.78 is 0. The molecule has 0 aliphatic rings. The summed E-state index contributed by atoms with van der Waals surface area (Å²) in [5.41, 5.74) is 0. The van der Waals surface area contributed by atoms with Crippen LogP contribution in [0.25, 0.3) is 0 Å². The molecular formula is C16H30N2O3. The Balaban J connectivity index is 5.01. The molecule has 0 aromatic heterocycles. The number of hydrogen-bond acceptors (Lipinski definition) is 5. The zero-order valence-electron chi connectivity index (χ0n) is 14.1. The van der Waals surface area contributed by atoms with Crippen molar-refractivity contribution in [3.63, 3.8) is 0 Å². The summed E-state index contributed by atoms with van der Waals surface area (Å²) in [7, 11) is 1.86. The lowest BCUT2D eigenvalue weighted by molar-refractivity contribution is -0.132. The molecule has 0 spiro atoms. The van der Waals surface area contributed by atoms with Crippen LogP contribution in [-0.4, -0.2) is 53.8 Å². The Kier molecular flexibility index (Phi) is 9.13. The van der Waals surface area contributed by atoms with Crippen molar-refractivity contribution in [1.29, 1.82) is 0 Å². The molecule has 0 aliphatic carbocycles. The minimum absolute atomic E-state index is 0.0333. The highest BCUT2D eigenvalue weighted by atomic mass is 16.6. The molecule has 0 bridgehead atoms. The van der Waals surface area contributed by atoms with Crippen LogP contribution in [0.3, 0.4) is 0 Å². The van der Waals surface area contributed by atoms with Gasteiger partial charge in [-0.2, -0.15) is 0 Å². The molecular weight excluding hydrogens is 268 g/mol. The first-order valence-electron chi connectivity index (χ1n) is 7.44. The van der Waals surface area contributed by atoms with Crippen molar-refractivity contribution in [2.75, 3.05) is 13.7 Å². The Morgan fingerprint density at radius 2 is 1.90 bits per heavy atom. The van der Waals surface area contributed by atoms with E-state index in [0.717, 1.165) is 0 Å². The molecule has 0 aliphatic heterocycles. The standard InChI is InChI=1S/C16H30N2O3/c1-8-9-21-17-10-13(6)16(20)14(15(19)11(2)3)18(7)12(4)5/h8,10-14,16,20H,1,9H2,2-7H3/b17-10+/t13-,14-,16-/m1/s1. The Bertz CT molecular complexity index is 353. The molecule has 5 heteroatoms. The molecule has 3 atom stereocenters. The first kappa shape index (κ1) is 19.8. The lowest BCUT2D eigenvalue weighted by atomic mass is 9.89. The van der Waals surface area contributed by atoms with Crippen molar-refractivity contribution >= 4 is 12.0 Å². The molecule has 0 aromatic carbocycles. The molecule has 1 N–H and O–H groups in total. The summed E-state index contributed by atoms with van der Waals surface area (Å²) in [5, 5.41) is 14.3. The van der Waals surface area contributed by atoms with Crippen LogP contribution in [0.15, 0.2) is 17.8 Å². The molecule has 0 aromatic rings. The van der Waals surface area contributed by atoms with Crippen molar-refractivity contribution in [2.45, 2.75) is 52.8 Å². The molecule has 0 rings (SSSR count). The monoisotopic (exact) mass is 298 g/mol. The molecule has 21 heavy (non-hydrogen) atoms. The molecule has 0 fully saturated rings. The van der Waals surface area contributed by atoms with Crippen molar-refractivity contribution in [3.05, 3.63) is 12.7 Å². The van der Waals surface area contributed by atoms with Crippen molar-refractivity contribution < 1.29 is 14.7 Å². The van der Waals surface area contributed by atoms with Gasteiger partial charge in [0.05, 0.1) is 12.1 Å². The van der Waals surface area contributed by atoms with Crippen molar-refractivity contribution in [3.8, 4) is 0 Å². The lowest BCUT2D eigenvalue weighted by Crippen LogP contribution is -2.53. The molecule has 5 nitrogen and oxygen atoms in total. The highest BCUT2D eigenvalue weighted by Gasteiger charge is 2.35. The van der Waals surface area contributed by atoms with Crippen LogP contribution in [0, 0.1) is 11.8 Å². The summed E-state index contributed by atoms with van der Waals surface area (Å²) in [6.45, 7) is 13.4. The van der Waals surface area contributed by atoms with Gasteiger partial charge < -0.3 is 9.94 Å². The van der Waals surface area contributed by atoms with E-state index in [2.05, 4.69) is 11.7 Å². The third-order valence-electron chi connectivity index (χ3n) is 3.54. The van der Waals surface area contributed by atoms with E-state index < -0.39 is 12.1 Å². The zero-order chi connectivity index (χ0) is 16.6. The smallest absolute Gasteiger partial charge is 0.155 e. The minimum atomic E-state index is -0.830. The van der Waals surface area contributed by atoms with Crippen molar-refractivity contribution in [1.82, 2.24) is 4.90 Å². The maximum atomic E-state index is 12.4. The average molecular weight is 298 g/mol. The van der Waals surface area contributed by atoms with Gasteiger partial charge in [-0.25, -0.2) is 0 Å². The maximum Gasteiger partial charge on any atom is 0.155 e. The Labute approximate surface area is 128 Å². The summed E-state index contributed by atoms with van der Waals surface area (Å²) in [4.78, 5) is 19.3. The van der Waals surface area contributed by atoms with Gasteiger partial charge in [0.25, 0.3) is 0 Å². The third-order valence-corrected chi connectivity index (χ3v) is 3.54. The van der Waals surface area contributed by atoms with E-state index in [1.165, 1.54) is 6.21 Å². The van der Waals surface area contributed by atoms with Crippen LogP contribution in [0.1, 0.15) is 34.6 Å². The van der Waals surface area contributed by atoms with E-state index in [1.54, 1.807) is 6.08 Å². The Morgan fingerprint density at radius 1 is 1.33 bits per heavy atom. The largest absolute Gasteiger partial charge is 0.392 e. The number of carbonyl (C=O) groups is 1. The predicted octanol–water partition coefficient (Wildman–Crippen LogP) is 2.11. The number of rotatable bonds is 10. The molecule has 0 heterocycles. The molecule has 122 valence electrons. The zero-order valence-corrected chi connectivity index (χ0v) is 14.1. The molecule has 0 amide bonds. The van der Waals surface area contributed by atoms with Crippen LogP contribution < -0.4 is 0 Å². The third kappa shape index (κ3) is 6.40. The van der Waals surface area contributed by atoms with Crippen LogP contribution >= 0.6 is 0 Å². The van der Waals surface area contributed by atoms with Gasteiger partial charge >= 0.3 is 0 Å². The summed E-state index contributed by atoms with van der Waals surface area (Å²) >= 11 is 0. The quantitative estimate of drug-likeness (QED) is 0.290. The predicted molar refractivity (Wildman–Crippen MR) is 86.3 cm³/mol. The van der Waals surface area contributed by atoms with Gasteiger partial charge in [-0.05, 0) is 20.9 Å². The van der Waals surface area contributed by atoms with Crippen molar-refractivity contribution in [2.24, 2.45) is 17.0 Å². The summed E-state index contributed by atoms with van der Waals surface area (Å²) in [6, 6.07) is -0.389. The average Bonchev–Trinajstić information content (AvgIpc) is 2.42. The normalized spacial score (nSPS) is 16.5. The second-order valence-electron chi connectivity index (χ2n) is 5.95. The summed E-state index contributed by atoms with van der Waals surface area (Å²) in [6.07, 6.45) is 2.29. The Hall–Kier alpha value is -1.20. The van der Waals surface area contributed by atoms with Crippen LogP contribution in [-0.2, 0) is 9.63 Å². The fourth-order valence-electron chi connectivity index (χ4n) is 1.88. The van der Waals surface area contributed by atoms with Gasteiger partial charge in [0.15, 0.2) is 5.78 Å². The second-order valence-corrected chi connectivity index (χ2v) is 5.95. The number of oxime groups is 1. The molecule has 0 unspecified atom stereocenters. The minimum Gasteiger partial charge on any atom is -0.392 e. The van der Waals surface area contributed by atoms with E-state index in [1.807, 2.05) is 46.6 Å². The molecule has 0 saturated carbocycles. The number of carbonyl (C=O) groups excluding carboxylic acids is 1. The van der Waals surface area contributed by atoms with E-state index in [9.17, 15) is 9.90 Å². The number of nitrogens with zero attached hydrogens (tertiary/aromatic N) is 2. The lowest BCUT2D eigenvalue weighted by Gasteiger charge is -2.36. The van der Waals surface area contributed by atoms with Crippen LogP contribution in [0.2, 0.25) is 0 Å². The number of aliphatic hydroxyl groups excluding tert-OH is 1. The molecule has 0 saturated heterocycles. The van der Waals surface area contributed by atoms with Gasteiger partial charge in [0.2, 0.25) is 0 Å². The topological polar surface area (TPSA) is 62.1 Å². The van der Waals surface area contributed by atoms with Gasteiger partial charge in [-0.3, -0.25) is 9.69 Å². The fourth-order valence-corrected chi connectivity index (χ4v) is 1.88. The SMILES string of the molecule is C=CCO/N=C/[C@@H](C)[C@@H](O)[C@@H](C(=O)C(C)C)N(C)C(C)C. The maximum absolute atomic E-state index is 12.4. The first-order chi connectivity index (χ1) is 9.73. The number of likely N-dealkylation sites (N-methyl/N-ethyl adjacent to an activating group) is 1. The molecule has 0 radical (unpaired) electrons. The number of Topliss-reactive ketones (excluding diaryl/α,β-unsaturated/α-hetero) is 1. The Morgan fingerprint density at radius 3 is 2.33 bits per heavy atom. The number of ketones is 1. The summed E-state index contributed by atoms with van der Waals surface area (Å²) in [5.74, 6) is -0.387. The van der Waals surface area contributed by atoms with E-state index in [0.29, 0.717) is 6.61 Å². The van der Waals surface area contributed by atoms with Gasteiger partial charge in [-0.1, -0.05) is 38.6 Å². The van der Waals surface area contributed by atoms with E-state index >= 15 is 0 Å². The van der Waals surface area contributed by atoms with Gasteiger partial charge in [0, 0.05) is 24.1 Å². The van der Waals surface area contributed by atoms with Crippen LogP contribution in [0.5, 0.6) is 0 Å². The second kappa shape index (κ2) is 9.68. The van der Waals surface area contributed by atoms with Gasteiger partial charge in [0.1, 0.15) is 6.61 Å². The fraction of sp³-hybridized carbons (Fsp3) is 0.750. The van der Waals surface area contributed by atoms with Gasteiger partial charge in [-0.15, -0.1) is 0 Å².